The number of anilines is 2. The molecule has 10 heteroatoms. The number of nitrogens with zero attached hydrogens (tertiary/aromatic N) is 3. The van der Waals surface area contributed by atoms with Gasteiger partial charge >= 0.3 is 0 Å². The average molecular weight is 476 g/mol. The molecule has 0 aliphatic carbocycles. The first-order chi connectivity index (χ1) is 16.3. The number of carbonyl (C=O) groups excluding carboxylic acids is 2. The average Bonchev–Trinajstić information content (AvgIpc) is 2.83. The standard InChI is InChI=1S/C24H27F3N4O3/c1-34-12-8-28-22(32)19-5-4-18(14-20(19)25)31-9-2-3-16-13-17(15-29-21(16)31)23(33)30-10-6-24(26,27)7-11-30/h4-5,13-15H,2-3,6-12H2,1H3,(H,28,32). The summed E-state index contributed by atoms with van der Waals surface area (Å²) in [6.07, 6.45) is 2.23. The van der Waals surface area contributed by atoms with E-state index >= 15 is 0 Å². The number of aryl methyl sites for hydroxylation is 1. The van der Waals surface area contributed by atoms with Crippen molar-refractivity contribution < 1.29 is 27.5 Å². The maximum absolute atomic E-state index is 14.7. The Balaban J connectivity index is 1.51. The molecule has 2 aliphatic rings. The van der Waals surface area contributed by atoms with E-state index in [9.17, 15) is 22.8 Å². The molecule has 1 saturated heterocycles. The molecule has 0 bridgehead atoms. The van der Waals surface area contributed by atoms with Crippen LogP contribution in [0.1, 0.15) is 45.5 Å². The molecule has 0 saturated carbocycles. The minimum Gasteiger partial charge on any atom is -0.383 e. The van der Waals surface area contributed by atoms with Crippen LogP contribution in [0, 0.1) is 5.82 Å². The number of aromatic nitrogens is 1. The van der Waals surface area contributed by atoms with Gasteiger partial charge in [-0.1, -0.05) is 0 Å². The third-order valence-corrected chi connectivity index (χ3v) is 6.16. The van der Waals surface area contributed by atoms with Crippen LogP contribution in [0.5, 0.6) is 0 Å². The Morgan fingerprint density at radius 3 is 2.65 bits per heavy atom. The summed E-state index contributed by atoms with van der Waals surface area (Å²) >= 11 is 0. The summed E-state index contributed by atoms with van der Waals surface area (Å²) in [4.78, 5) is 32.8. The maximum Gasteiger partial charge on any atom is 0.255 e. The number of carbonyl (C=O) groups is 2. The number of alkyl halides is 2. The number of benzene rings is 1. The van der Waals surface area contributed by atoms with Crippen molar-refractivity contribution in [2.45, 2.75) is 31.6 Å². The van der Waals surface area contributed by atoms with Gasteiger partial charge in [0.2, 0.25) is 0 Å². The number of hydrogen-bond donors (Lipinski definition) is 1. The molecule has 0 radical (unpaired) electrons. The number of halogens is 3. The topological polar surface area (TPSA) is 74.8 Å². The van der Waals surface area contributed by atoms with Crippen LogP contribution in [-0.2, 0) is 11.2 Å². The molecule has 7 nitrogen and oxygen atoms in total. The van der Waals surface area contributed by atoms with Crippen molar-refractivity contribution >= 4 is 23.3 Å². The highest BCUT2D eigenvalue weighted by Gasteiger charge is 2.36. The molecule has 2 aliphatic heterocycles. The first-order valence-electron chi connectivity index (χ1n) is 11.3. The highest BCUT2D eigenvalue weighted by Crippen LogP contribution is 2.34. The van der Waals surface area contributed by atoms with Gasteiger partial charge in [0.25, 0.3) is 17.7 Å². The molecule has 0 spiro atoms. The summed E-state index contributed by atoms with van der Waals surface area (Å²) in [6.45, 7) is 1.24. The number of methoxy groups -OCH3 is 1. The van der Waals surface area contributed by atoms with Crippen LogP contribution in [0.4, 0.5) is 24.7 Å². The van der Waals surface area contributed by atoms with Gasteiger partial charge in [0.05, 0.1) is 17.7 Å². The van der Waals surface area contributed by atoms with Gasteiger partial charge in [0.1, 0.15) is 11.6 Å². The lowest BCUT2D eigenvalue weighted by Crippen LogP contribution is -2.42. The minimum atomic E-state index is -2.72. The van der Waals surface area contributed by atoms with Gasteiger partial charge in [-0.25, -0.2) is 18.2 Å². The molecule has 3 heterocycles. The summed E-state index contributed by atoms with van der Waals surface area (Å²) in [5.74, 6) is -3.58. The summed E-state index contributed by atoms with van der Waals surface area (Å²) in [6, 6.07) is 6.15. The van der Waals surface area contributed by atoms with Gasteiger partial charge < -0.3 is 19.9 Å². The van der Waals surface area contributed by atoms with Gasteiger partial charge in [-0.3, -0.25) is 9.59 Å². The van der Waals surface area contributed by atoms with Crippen LogP contribution < -0.4 is 10.2 Å². The Morgan fingerprint density at radius 2 is 1.94 bits per heavy atom. The van der Waals surface area contributed by atoms with Crippen molar-refractivity contribution in [3.8, 4) is 0 Å². The molecule has 1 aromatic heterocycles. The zero-order valence-electron chi connectivity index (χ0n) is 19.0. The van der Waals surface area contributed by atoms with Crippen LogP contribution in [0.2, 0.25) is 0 Å². The third-order valence-electron chi connectivity index (χ3n) is 6.16. The monoisotopic (exact) mass is 476 g/mol. The molecule has 0 atom stereocenters. The molecule has 1 fully saturated rings. The third kappa shape index (κ3) is 5.16. The lowest BCUT2D eigenvalue weighted by molar-refractivity contribution is -0.0494. The number of amides is 2. The van der Waals surface area contributed by atoms with Gasteiger partial charge in [-0.15, -0.1) is 0 Å². The number of nitrogens with one attached hydrogen (secondary N) is 1. The lowest BCUT2D eigenvalue weighted by atomic mass is 10.0. The van der Waals surface area contributed by atoms with E-state index in [2.05, 4.69) is 10.3 Å². The first kappa shape index (κ1) is 24.0. The Hall–Kier alpha value is -3.14. The van der Waals surface area contributed by atoms with Crippen molar-refractivity contribution in [2.24, 2.45) is 0 Å². The van der Waals surface area contributed by atoms with E-state index in [0.29, 0.717) is 36.6 Å². The molecular weight excluding hydrogens is 449 g/mol. The van der Waals surface area contributed by atoms with Crippen molar-refractivity contribution in [3.63, 3.8) is 0 Å². The fourth-order valence-electron chi connectivity index (χ4n) is 4.27. The zero-order chi connectivity index (χ0) is 24.3. The minimum absolute atomic E-state index is 0.0136. The fourth-order valence-corrected chi connectivity index (χ4v) is 4.27. The number of likely N-dealkylation sites (tertiary alicyclic amines) is 1. The fraction of sp³-hybridized carbons (Fsp3) is 0.458. The van der Waals surface area contributed by atoms with Gasteiger partial charge in [0, 0.05) is 58.0 Å². The van der Waals surface area contributed by atoms with Gasteiger partial charge in [0.15, 0.2) is 0 Å². The number of piperidine rings is 1. The molecule has 2 amide bonds. The molecule has 2 aromatic rings. The van der Waals surface area contributed by atoms with E-state index in [-0.39, 0.29) is 43.9 Å². The van der Waals surface area contributed by atoms with Crippen LogP contribution in [0.25, 0.3) is 0 Å². The number of hydrogen-bond acceptors (Lipinski definition) is 5. The van der Waals surface area contributed by atoms with Crippen LogP contribution in [0.15, 0.2) is 30.5 Å². The SMILES string of the molecule is COCCNC(=O)c1ccc(N2CCCc3cc(C(=O)N4CCC(F)(F)CC4)cnc32)cc1F. The summed E-state index contributed by atoms with van der Waals surface area (Å²) < 4.78 is 46.5. The van der Waals surface area contributed by atoms with E-state index in [1.165, 1.54) is 30.3 Å². The van der Waals surface area contributed by atoms with E-state index in [1.54, 1.807) is 12.1 Å². The molecule has 1 aromatic carbocycles. The van der Waals surface area contributed by atoms with Crippen molar-refractivity contribution in [2.75, 3.05) is 44.8 Å². The van der Waals surface area contributed by atoms with Crippen molar-refractivity contribution in [1.29, 1.82) is 0 Å². The lowest BCUT2D eigenvalue weighted by Gasteiger charge is -2.33. The van der Waals surface area contributed by atoms with E-state index < -0.39 is 17.6 Å². The number of rotatable bonds is 6. The van der Waals surface area contributed by atoms with E-state index in [4.69, 9.17) is 4.74 Å². The van der Waals surface area contributed by atoms with E-state index in [0.717, 1.165) is 12.0 Å². The maximum atomic E-state index is 14.7. The predicted octanol–water partition coefficient (Wildman–Crippen LogP) is 3.55. The normalized spacial score (nSPS) is 17.3. The number of fused-ring (bicyclic) bond motifs is 1. The molecule has 0 unspecified atom stereocenters. The Bertz CT molecular complexity index is 1070. The second-order valence-corrected chi connectivity index (χ2v) is 8.52. The molecular formula is C24H27F3N4O3. The molecule has 34 heavy (non-hydrogen) atoms. The molecule has 1 N–H and O–H groups in total. The summed E-state index contributed by atoms with van der Waals surface area (Å²) in [5.41, 5.74) is 1.69. The Morgan fingerprint density at radius 1 is 1.18 bits per heavy atom. The van der Waals surface area contributed by atoms with Crippen LogP contribution >= 0.6 is 0 Å². The molecule has 4 rings (SSSR count). The summed E-state index contributed by atoms with van der Waals surface area (Å²) in [5, 5.41) is 2.60. The van der Waals surface area contributed by atoms with Crippen LogP contribution in [0.3, 0.4) is 0 Å². The Kier molecular flexibility index (Phi) is 7.06. The van der Waals surface area contributed by atoms with Crippen LogP contribution in [-0.4, -0.2) is 67.5 Å². The smallest absolute Gasteiger partial charge is 0.255 e. The van der Waals surface area contributed by atoms with Gasteiger partial charge in [-0.2, -0.15) is 0 Å². The van der Waals surface area contributed by atoms with Gasteiger partial charge in [-0.05, 0) is 42.7 Å². The predicted molar refractivity (Wildman–Crippen MR) is 120 cm³/mol. The number of pyridine rings is 1. The zero-order valence-corrected chi connectivity index (χ0v) is 19.0. The highest BCUT2D eigenvalue weighted by atomic mass is 19.3. The Labute approximate surface area is 195 Å². The second kappa shape index (κ2) is 10.0. The van der Waals surface area contributed by atoms with E-state index in [1.807, 2.05) is 4.90 Å². The first-order valence-corrected chi connectivity index (χ1v) is 11.3. The quantitative estimate of drug-likeness (QED) is 0.646. The number of ether oxygens (including phenoxy) is 1. The molecule has 182 valence electrons. The summed E-state index contributed by atoms with van der Waals surface area (Å²) in [7, 11) is 1.51. The second-order valence-electron chi connectivity index (χ2n) is 8.52. The highest BCUT2D eigenvalue weighted by molar-refractivity contribution is 5.95. The largest absolute Gasteiger partial charge is 0.383 e. The van der Waals surface area contributed by atoms with Crippen molar-refractivity contribution in [1.82, 2.24) is 15.2 Å². The van der Waals surface area contributed by atoms with Crippen molar-refractivity contribution in [3.05, 3.63) is 53.0 Å².